The van der Waals surface area contributed by atoms with E-state index in [0.717, 1.165) is 19.5 Å². The molecule has 4 nitrogen and oxygen atoms in total. The van der Waals surface area contributed by atoms with Crippen molar-refractivity contribution in [3.8, 4) is 0 Å². The zero-order chi connectivity index (χ0) is 12.1. The number of nitrogens with zero attached hydrogens (tertiary/aromatic N) is 1. The summed E-state index contributed by atoms with van der Waals surface area (Å²) in [7, 11) is 0. The molecule has 1 saturated heterocycles. The molecule has 0 aromatic rings. The van der Waals surface area contributed by atoms with Crippen molar-refractivity contribution in [3.05, 3.63) is 0 Å². The third-order valence-corrected chi connectivity index (χ3v) is 2.86. The largest absolute Gasteiger partial charge is 0.389 e. The van der Waals surface area contributed by atoms with Crippen LogP contribution in [0, 0.1) is 5.92 Å². The number of piperidine rings is 1. The lowest BCUT2D eigenvalue weighted by Gasteiger charge is -2.35. The van der Waals surface area contributed by atoms with Gasteiger partial charge in [-0.1, -0.05) is 6.92 Å². The van der Waals surface area contributed by atoms with Gasteiger partial charge in [0, 0.05) is 25.7 Å². The van der Waals surface area contributed by atoms with Crippen LogP contribution < -0.4 is 5.73 Å². The molecule has 0 amide bonds. The van der Waals surface area contributed by atoms with Gasteiger partial charge in [-0.2, -0.15) is 0 Å². The average molecular weight is 230 g/mol. The number of rotatable bonds is 5. The molecular weight excluding hydrogens is 204 g/mol. The maximum atomic E-state index is 9.82. The Morgan fingerprint density at radius 1 is 1.44 bits per heavy atom. The van der Waals surface area contributed by atoms with Gasteiger partial charge in [-0.15, -0.1) is 0 Å². The van der Waals surface area contributed by atoms with Crippen LogP contribution in [0.2, 0.25) is 0 Å². The van der Waals surface area contributed by atoms with Gasteiger partial charge in [0.15, 0.2) is 0 Å². The fraction of sp³-hybridized carbons (Fsp3) is 1.00. The second kappa shape index (κ2) is 6.55. The standard InChI is InChI=1S/C12H26N2O2/c1-9(2)16-8-12(15)7-14-5-10(3)4-11(13)6-14/h9-12,15H,4-8,13H2,1-3H3. The quantitative estimate of drug-likeness (QED) is 0.719. The summed E-state index contributed by atoms with van der Waals surface area (Å²) in [5.74, 6) is 0.627. The molecule has 3 atom stereocenters. The van der Waals surface area contributed by atoms with Crippen molar-refractivity contribution in [1.29, 1.82) is 0 Å². The van der Waals surface area contributed by atoms with Crippen molar-refractivity contribution in [2.75, 3.05) is 26.2 Å². The zero-order valence-electron chi connectivity index (χ0n) is 10.7. The van der Waals surface area contributed by atoms with Crippen LogP contribution in [-0.4, -0.2) is 54.5 Å². The van der Waals surface area contributed by atoms with Gasteiger partial charge >= 0.3 is 0 Å². The second-order valence-corrected chi connectivity index (χ2v) is 5.36. The Balaban J connectivity index is 2.24. The number of ether oxygens (including phenoxy) is 1. The number of nitrogens with two attached hydrogens (primary N) is 1. The molecule has 3 unspecified atom stereocenters. The van der Waals surface area contributed by atoms with E-state index in [-0.39, 0.29) is 12.1 Å². The van der Waals surface area contributed by atoms with E-state index in [1.807, 2.05) is 13.8 Å². The molecule has 1 heterocycles. The molecule has 0 aromatic heterocycles. The molecule has 1 aliphatic heterocycles. The Morgan fingerprint density at radius 2 is 2.12 bits per heavy atom. The van der Waals surface area contributed by atoms with Crippen LogP contribution in [0.15, 0.2) is 0 Å². The van der Waals surface area contributed by atoms with Crippen molar-refractivity contribution in [1.82, 2.24) is 4.90 Å². The van der Waals surface area contributed by atoms with E-state index in [1.165, 1.54) is 0 Å². The SMILES string of the molecule is CC1CC(N)CN(CC(O)COC(C)C)C1. The third-order valence-electron chi connectivity index (χ3n) is 2.86. The fourth-order valence-corrected chi connectivity index (χ4v) is 2.32. The highest BCUT2D eigenvalue weighted by atomic mass is 16.5. The Morgan fingerprint density at radius 3 is 2.69 bits per heavy atom. The van der Waals surface area contributed by atoms with Gasteiger partial charge in [-0.3, -0.25) is 4.90 Å². The molecular formula is C12H26N2O2. The summed E-state index contributed by atoms with van der Waals surface area (Å²) >= 11 is 0. The van der Waals surface area contributed by atoms with Gasteiger partial charge < -0.3 is 15.6 Å². The fourth-order valence-electron chi connectivity index (χ4n) is 2.32. The molecule has 0 spiro atoms. The van der Waals surface area contributed by atoms with E-state index in [0.29, 0.717) is 19.1 Å². The summed E-state index contributed by atoms with van der Waals surface area (Å²) in [5.41, 5.74) is 5.96. The van der Waals surface area contributed by atoms with Gasteiger partial charge in [0.1, 0.15) is 0 Å². The van der Waals surface area contributed by atoms with Crippen molar-refractivity contribution in [2.45, 2.75) is 45.4 Å². The third kappa shape index (κ3) is 5.25. The van der Waals surface area contributed by atoms with Crippen molar-refractivity contribution >= 4 is 0 Å². The summed E-state index contributed by atoms with van der Waals surface area (Å²) in [6, 6.07) is 0.252. The highest BCUT2D eigenvalue weighted by Gasteiger charge is 2.23. The highest BCUT2D eigenvalue weighted by Crippen LogP contribution is 2.15. The first-order valence-electron chi connectivity index (χ1n) is 6.25. The summed E-state index contributed by atoms with van der Waals surface area (Å²) < 4.78 is 5.39. The van der Waals surface area contributed by atoms with Crippen LogP contribution >= 0.6 is 0 Å². The van der Waals surface area contributed by atoms with E-state index >= 15 is 0 Å². The Bertz CT molecular complexity index is 189. The first-order chi connectivity index (χ1) is 7.47. The Kier molecular flexibility index (Phi) is 5.69. The van der Waals surface area contributed by atoms with Crippen LogP contribution in [0.3, 0.4) is 0 Å². The van der Waals surface area contributed by atoms with E-state index in [2.05, 4.69) is 11.8 Å². The normalized spacial score (nSPS) is 29.6. The smallest absolute Gasteiger partial charge is 0.0900 e. The molecule has 1 rings (SSSR count). The summed E-state index contributed by atoms with van der Waals surface area (Å²) in [5, 5.41) is 9.82. The molecule has 0 aliphatic carbocycles. The zero-order valence-corrected chi connectivity index (χ0v) is 10.7. The summed E-state index contributed by atoms with van der Waals surface area (Å²) in [6.07, 6.45) is 0.867. The van der Waals surface area contributed by atoms with E-state index in [1.54, 1.807) is 0 Å². The molecule has 3 N–H and O–H groups in total. The number of aliphatic hydroxyl groups is 1. The monoisotopic (exact) mass is 230 g/mol. The number of β-amino-alcohol motifs (C(OH)–C–C–N with tert-alkyl or cyclic N) is 1. The molecule has 0 saturated carbocycles. The van der Waals surface area contributed by atoms with Crippen LogP contribution in [0.25, 0.3) is 0 Å². The number of aliphatic hydroxyl groups excluding tert-OH is 1. The topological polar surface area (TPSA) is 58.7 Å². The molecule has 4 heteroatoms. The molecule has 0 aromatic carbocycles. The first-order valence-corrected chi connectivity index (χ1v) is 6.25. The van der Waals surface area contributed by atoms with Gasteiger partial charge in [0.05, 0.1) is 18.8 Å². The Labute approximate surface area is 98.8 Å². The van der Waals surface area contributed by atoms with Gasteiger partial charge in [-0.25, -0.2) is 0 Å². The minimum atomic E-state index is -0.403. The maximum absolute atomic E-state index is 9.82. The predicted molar refractivity (Wildman–Crippen MR) is 65.3 cm³/mol. The summed E-state index contributed by atoms with van der Waals surface area (Å²) in [6.45, 7) is 9.18. The van der Waals surface area contributed by atoms with Crippen LogP contribution in [-0.2, 0) is 4.74 Å². The number of hydrogen-bond acceptors (Lipinski definition) is 4. The van der Waals surface area contributed by atoms with Crippen molar-refractivity contribution in [2.24, 2.45) is 11.7 Å². The predicted octanol–water partition coefficient (Wildman–Crippen LogP) is 0.441. The average Bonchev–Trinajstić information content (AvgIpc) is 2.12. The number of likely N-dealkylation sites (tertiary alicyclic amines) is 1. The van der Waals surface area contributed by atoms with E-state index in [4.69, 9.17) is 10.5 Å². The van der Waals surface area contributed by atoms with Gasteiger partial charge in [0.2, 0.25) is 0 Å². The first kappa shape index (κ1) is 13.9. The van der Waals surface area contributed by atoms with Crippen molar-refractivity contribution in [3.63, 3.8) is 0 Å². The van der Waals surface area contributed by atoms with E-state index < -0.39 is 6.10 Å². The minimum Gasteiger partial charge on any atom is -0.389 e. The van der Waals surface area contributed by atoms with Crippen LogP contribution in [0.1, 0.15) is 27.2 Å². The number of hydrogen-bond donors (Lipinski definition) is 2. The molecule has 0 bridgehead atoms. The molecule has 16 heavy (non-hydrogen) atoms. The molecule has 1 aliphatic rings. The molecule has 1 fully saturated rings. The summed E-state index contributed by atoms with van der Waals surface area (Å²) in [4.78, 5) is 2.24. The minimum absolute atomic E-state index is 0.178. The van der Waals surface area contributed by atoms with Gasteiger partial charge in [-0.05, 0) is 26.2 Å². The van der Waals surface area contributed by atoms with E-state index in [9.17, 15) is 5.11 Å². The second-order valence-electron chi connectivity index (χ2n) is 5.36. The lowest BCUT2D eigenvalue weighted by molar-refractivity contribution is -0.0141. The molecule has 96 valence electrons. The van der Waals surface area contributed by atoms with Crippen LogP contribution in [0.4, 0.5) is 0 Å². The highest BCUT2D eigenvalue weighted by molar-refractivity contribution is 4.80. The van der Waals surface area contributed by atoms with Gasteiger partial charge in [0.25, 0.3) is 0 Å². The lowest BCUT2D eigenvalue weighted by Crippen LogP contribution is -2.49. The molecule has 0 radical (unpaired) electrons. The lowest BCUT2D eigenvalue weighted by atomic mass is 9.96. The maximum Gasteiger partial charge on any atom is 0.0900 e. The van der Waals surface area contributed by atoms with Crippen molar-refractivity contribution < 1.29 is 9.84 Å². The van der Waals surface area contributed by atoms with Crippen LogP contribution in [0.5, 0.6) is 0 Å². The Hall–Kier alpha value is -0.160.